The topological polar surface area (TPSA) is 86.5 Å². The van der Waals surface area contributed by atoms with E-state index in [1.165, 1.54) is 16.9 Å². The van der Waals surface area contributed by atoms with E-state index in [0.29, 0.717) is 46.9 Å². The van der Waals surface area contributed by atoms with Gasteiger partial charge in [0.1, 0.15) is 22.9 Å². The van der Waals surface area contributed by atoms with Gasteiger partial charge in [-0.3, -0.25) is 4.79 Å². The number of hydrogen-bond acceptors (Lipinski definition) is 6. The van der Waals surface area contributed by atoms with Crippen molar-refractivity contribution in [1.29, 1.82) is 0 Å². The summed E-state index contributed by atoms with van der Waals surface area (Å²) in [5.41, 5.74) is 10.2. The molecular formula is C24H27N3O3S. The van der Waals surface area contributed by atoms with Gasteiger partial charge in [-0.25, -0.2) is 4.98 Å². The number of anilines is 2. The number of aromatic nitrogens is 1. The van der Waals surface area contributed by atoms with Gasteiger partial charge in [0, 0.05) is 22.8 Å². The number of hydrogen-bond donors (Lipinski definition) is 2. The van der Waals surface area contributed by atoms with Crippen molar-refractivity contribution in [3.8, 4) is 11.5 Å². The molecule has 1 atom stereocenters. The van der Waals surface area contributed by atoms with Crippen molar-refractivity contribution in [2.45, 2.75) is 40.0 Å². The number of benzene rings is 1. The van der Waals surface area contributed by atoms with Crippen molar-refractivity contribution >= 4 is 38.8 Å². The number of aryl methyl sites for hydroxylation is 1. The first-order valence-electron chi connectivity index (χ1n) is 10.7. The third kappa shape index (κ3) is 3.71. The summed E-state index contributed by atoms with van der Waals surface area (Å²) < 4.78 is 11.1. The number of pyridine rings is 1. The largest absolute Gasteiger partial charge is 0.486 e. The fraction of sp³-hybridized carbons (Fsp3) is 0.417. The van der Waals surface area contributed by atoms with Crippen molar-refractivity contribution < 1.29 is 14.3 Å². The van der Waals surface area contributed by atoms with E-state index in [-0.39, 0.29) is 11.3 Å². The zero-order valence-electron chi connectivity index (χ0n) is 18.1. The fourth-order valence-corrected chi connectivity index (χ4v) is 5.40. The number of rotatable bonds is 2. The average Bonchev–Trinajstić information content (AvgIpc) is 3.06. The van der Waals surface area contributed by atoms with Crippen LogP contribution in [0, 0.1) is 11.3 Å². The van der Waals surface area contributed by atoms with Crippen LogP contribution < -0.4 is 20.5 Å². The minimum atomic E-state index is -0.234. The highest BCUT2D eigenvalue weighted by molar-refractivity contribution is 7.21. The minimum Gasteiger partial charge on any atom is -0.486 e. The summed E-state index contributed by atoms with van der Waals surface area (Å²) in [6.07, 6.45) is 3.13. The molecule has 0 saturated carbocycles. The Labute approximate surface area is 185 Å². The second-order valence-corrected chi connectivity index (χ2v) is 10.4. The van der Waals surface area contributed by atoms with Crippen LogP contribution in [0.3, 0.4) is 0 Å². The maximum absolute atomic E-state index is 13.0. The van der Waals surface area contributed by atoms with Gasteiger partial charge in [0.15, 0.2) is 11.5 Å². The monoisotopic (exact) mass is 437 g/mol. The number of carbonyl (C=O) groups is 1. The van der Waals surface area contributed by atoms with Gasteiger partial charge in [-0.15, -0.1) is 11.3 Å². The van der Waals surface area contributed by atoms with Crippen molar-refractivity contribution in [1.82, 2.24) is 4.98 Å². The Kier molecular flexibility index (Phi) is 4.81. The maximum atomic E-state index is 13.0. The summed E-state index contributed by atoms with van der Waals surface area (Å²) in [6, 6.07) is 7.54. The van der Waals surface area contributed by atoms with Gasteiger partial charge < -0.3 is 20.5 Å². The molecule has 1 aliphatic heterocycles. The molecule has 3 aromatic rings. The number of nitrogens with one attached hydrogen (secondary N) is 1. The Morgan fingerprint density at radius 2 is 1.97 bits per heavy atom. The highest BCUT2D eigenvalue weighted by Gasteiger charge is 2.30. The summed E-state index contributed by atoms with van der Waals surface area (Å²) in [7, 11) is 0. The Morgan fingerprint density at radius 3 is 2.74 bits per heavy atom. The summed E-state index contributed by atoms with van der Waals surface area (Å²) in [5.74, 6) is 1.71. The molecule has 5 rings (SSSR count). The predicted molar refractivity (Wildman–Crippen MR) is 124 cm³/mol. The molecule has 7 heteroatoms. The minimum absolute atomic E-state index is 0.234. The number of amides is 1. The third-order valence-corrected chi connectivity index (χ3v) is 7.43. The molecule has 2 aliphatic rings. The lowest BCUT2D eigenvalue weighted by Gasteiger charge is -2.34. The lowest BCUT2D eigenvalue weighted by Crippen LogP contribution is -2.27. The van der Waals surface area contributed by atoms with Gasteiger partial charge in [0.05, 0.1) is 5.69 Å². The van der Waals surface area contributed by atoms with Crippen LogP contribution in [0.4, 0.5) is 11.4 Å². The zero-order valence-corrected chi connectivity index (χ0v) is 18.9. The Hall–Kier alpha value is -2.80. The molecule has 0 spiro atoms. The zero-order chi connectivity index (χ0) is 21.8. The predicted octanol–water partition coefficient (Wildman–Crippen LogP) is 5.05. The molecule has 31 heavy (non-hydrogen) atoms. The van der Waals surface area contributed by atoms with Gasteiger partial charge in [-0.1, -0.05) is 20.8 Å². The number of fused-ring (bicyclic) bond motifs is 3. The fourth-order valence-electron chi connectivity index (χ4n) is 4.41. The molecule has 1 aliphatic carbocycles. The van der Waals surface area contributed by atoms with Crippen molar-refractivity contribution in [2.24, 2.45) is 11.3 Å². The molecule has 1 unspecified atom stereocenters. The van der Waals surface area contributed by atoms with E-state index in [9.17, 15) is 4.79 Å². The van der Waals surface area contributed by atoms with Crippen LogP contribution in [0.15, 0.2) is 24.3 Å². The van der Waals surface area contributed by atoms with E-state index in [1.54, 1.807) is 18.2 Å². The van der Waals surface area contributed by atoms with E-state index in [4.69, 9.17) is 20.2 Å². The highest BCUT2D eigenvalue weighted by atomic mass is 32.1. The number of nitrogen functional groups attached to an aromatic ring is 1. The highest BCUT2D eigenvalue weighted by Crippen LogP contribution is 2.41. The van der Waals surface area contributed by atoms with Gasteiger partial charge in [-0.2, -0.15) is 0 Å². The van der Waals surface area contributed by atoms with Crippen LogP contribution in [-0.4, -0.2) is 24.1 Å². The van der Waals surface area contributed by atoms with E-state index in [2.05, 4.69) is 32.2 Å². The normalized spacial score (nSPS) is 18.0. The van der Waals surface area contributed by atoms with E-state index in [0.717, 1.165) is 35.2 Å². The first kappa shape index (κ1) is 20.1. The first-order valence-corrected chi connectivity index (χ1v) is 11.5. The smallest absolute Gasteiger partial charge is 0.267 e. The Morgan fingerprint density at radius 1 is 1.19 bits per heavy atom. The molecule has 0 saturated heterocycles. The maximum Gasteiger partial charge on any atom is 0.267 e. The number of ether oxygens (including phenoxy) is 2. The van der Waals surface area contributed by atoms with Crippen molar-refractivity contribution in [2.75, 3.05) is 24.3 Å². The van der Waals surface area contributed by atoms with Crippen LogP contribution in [-0.2, 0) is 12.8 Å². The third-order valence-electron chi connectivity index (χ3n) is 6.32. The van der Waals surface area contributed by atoms with Crippen molar-refractivity contribution in [3.63, 3.8) is 0 Å². The van der Waals surface area contributed by atoms with Crippen LogP contribution in [0.5, 0.6) is 11.5 Å². The van der Waals surface area contributed by atoms with Crippen LogP contribution >= 0.6 is 11.3 Å². The Balaban J connectivity index is 1.43. The summed E-state index contributed by atoms with van der Waals surface area (Å²) in [4.78, 5) is 19.2. The lowest BCUT2D eigenvalue weighted by atomic mass is 9.71. The van der Waals surface area contributed by atoms with Crippen LogP contribution in [0.25, 0.3) is 10.2 Å². The molecule has 2 aromatic heterocycles. The molecule has 3 N–H and O–H groups in total. The quantitative estimate of drug-likeness (QED) is 0.586. The van der Waals surface area contributed by atoms with Gasteiger partial charge in [0.2, 0.25) is 0 Å². The Bertz CT molecular complexity index is 1180. The molecule has 162 valence electrons. The number of nitrogens with two attached hydrogens (primary N) is 1. The number of thiophene rings is 1. The van der Waals surface area contributed by atoms with Crippen LogP contribution in [0.1, 0.15) is 48.1 Å². The molecule has 1 amide bonds. The molecular weight excluding hydrogens is 410 g/mol. The molecule has 3 heterocycles. The van der Waals surface area contributed by atoms with E-state index < -0.39 is 0 Å². The van der Waals surface area contributed by atoms with Gasteiger partial charge in [0.25, 0.3) is 5.91 Å². The van der Waals surface area contributed by atoms with Gasteiger partial charge in [-0.05, 0) is 54.4 Å². The van der Waals surface area contributed by atoms with E-state index in [1.807, 2.05) is 0 Å². The average molecular weight is 438 g/mol. The van der Waals surface area contributed by atoms with Crippen LogP contribution in [0.2, 0.25) is 0 Å². The second-order valence-electron chi connectivity index (χ2n) is 9.41. The lowest BCUT2D eigenvalue weighted by molar-refractivity contribution is 0.103. The van der Waals surface area contributed by atoms with E-state index >= 15 is 0 Å². The summed E-state index contributed by atoms with van der Waals surface area (Å²) in [5, 5.41) is 3.81. The first-order chi connectivity index (χ1) is 14.8. The second kappa shape index (κ2) is 7.41. The molecule has 1 aromatic carbocycles. The molecule has 6 nitrogen and oxygen atoms in total. The summed E-state index contributed by atoms with van der Waals surface area (Å²) in [6.45, 7) is 7.93. The number of nitrogens with zero attached hydrogens (tertiary/aromatic N) is 1. The van der Waals surface area contributed by atoms with Gasteiger partial charge >= 0.3 is 0 Å². The SMILES string of the molecule is CC(C)(C)C1CCc2nc3sc(C(=O)Nc4ccc5c(c4)OCCO5)c(N)c3cc2C1. The summed E-state index contributed by atoms with van der Waals surface area (Å²) >= 11 is 1.36. The molecule has 0 radical (unpaired) electrons. The molecule has 0 fully saturated rings. The standard InChI is InChI=1S/C24H27N3O3S/c1-24(2,3)14-4-6-17-13(10-14)11-16-20(25)21(31-23(16)27-17)22(28)26-15-5-7-18-19(12-15)30-9-8-29-18/h5,7,11-12,14H,4,6,8-10,25H2,1-3H3,(H,26,28). The van der Waals surface area contributed by atoms with Crippen molar-refractivity contribution in [3.05, 3.63) is 40.4 Å². The number of carbonyl (C=O) groups excluding carboxylic acids is 1. The molecule has 0 bridgehead atoms.